The van der Waals surface area contributed by atoms with Crippen molar-refractivity contribution in [2.75, 3.05) is 13.1 Å². The number of nitrogens with zero attached hydrogens (tertiary/aromatic N) is 1. The van der Waals surface area contributed by atoms with Gasteiger partial charge in [0.1, 0.15) is 0 Å². The fourth-order valence-electron chi connectivity index (χ4n) is 2.62. The molecule has 0 aliphatic carbocycles. The normalized spacial score (nSPS) is 23.4. The Labute approximate surface area is 124 Å². The highest BCUT2D eigenvalue weighted by atomic mass is 79.9. The Morgan fingerprint density at radius 1 is 1.47 bits per heavy atom. The van der Waals surface area contributed by atoms with Crippen molar-refractivity contribution >= 4 is 21.8 Å². The summed E-state index contributed by atoms with van der Waals surface area (Å²) >= 11 is 3.68. The third-order valence-corrected chi connectivity index (χ3v) is 5.22. The van der Waals surface area contributed by atoms with Crippen LogP contribution >= 0.6 is 15.9 Å². The highest BCUT2D eigenvalue weighted by Crippen LogP contribution is 2.23. The van der Waals surface area contributed by atoms with Crippen molar-refractivity contribution in [3.8, 4) is 0 Å². The SMILES string of the molecule is Cc1cccc(CCC(=O)N2CCC(Br)C(C)C2)c1. The van der Waals surface area contributed by atoms with Crippen molar-refractivity contribution < 1.29 is 4.79 Å². The summed E-state index contributed by atoms with van der Waals surface area (Å²) in [6, 6.07) is 8.43. The van der Waals surface area contributed by atoms with Gasteiger partial charge in [0.2, 0.25) is 5.91 Å². The second kappa shape index (κ2) is 6.56. The van der Waals surface area contributed by atoms with Gasteiger partial charge in [-0.05, 0) is 31.2 Å². The Balaban J connectivity index is 1.84. The lowest BCUT2D eigenvalue weighted by atomic mass is 9.99. The number of amides is 1. The summed E-state index contributed by atoms with van der Waals surface area (Å²) in [4.78, 5) is 14.8. The summed E-state index contributed by atoms with van der Waals surface area (Å²) in [5.41, 5.74) is 2.52. The molecule has 1 aliphatic heterocycles. The van der Waals surface area contributed by atoms with Gasteiger partial charge in [-0.3, -0.25) is 4.79 Å². The molecule has 1 aliphatic rings. The first kappa shape index (κ1) is 14.6. The van der Waals surface area contributed by atoms with Crippen molar-refractivity contribution in [2.45, 2.75) is 37.9 Å². The van der Waals surface area contributed by atoms with Gasteiger partial charge in [-0.2, -0.15) is 0 Å². The molecule has 1 amide bonds. The molecule has 2 atom stereocenters. The predicted octanol–water partition coefficient (Wildman–Crippen LogP) is 3.56. The maximum Gasteiger partial charge on any atom is 0.222 e. The Morgan fingerprint density at radius 2 is 2.26 bits per heavy atom. The molecular weight excluding hydrogens is 302 g/mol. The van der Waals surface area contributed by atoms with E-state index in [1.54, 1.807) is 0 Å². The van der Waals surface area contributed by atoms with Crippen LogP contribution < -0.4 is 0 Å². The second-order valence-corrected chi connectivity index (χ2v) is 6.79. The molecule has 0 radical (unpaired) electrons. The second-order valence-electron chi connectivity index (χ2n) is 5.61. The molecular formula is C16H22BrNO. The molecule has 0 N–H and O–H groups in total. The van der Waals surface area contributed by atoms with E-state index in [9.17, 15) is 4.79 Å². The van der Waals surface area contributed by atoms with E-state index in [2.05, 4.69) is 54.0 Å². The molecule has 104 valence electrons. The van der Waals surface area contributed by atoms with Crippen molar-refractivity contribution in [2.24, 2.45) is 5.92 Å². The van der Waals surface area contributed by atoms with Gasteiger partial charge in [-0.1, -0.05) is 52.7 Å². The first-order valence-corrected chi connectivity index (χ1v) is 7.95. The maximum atomic E-state index is 12.2. The highest BCUT2D eigenvalue weighted by Gasteiger charge is 2.26. The minimum absolute atomic E-state index is 0.299. The number of halogens is 1. The van der Waals surface area contributed by atoms with Crippen molar-refractivity contribution in [1.29, 1.82) is 0 Å². The van der Waals surface area contributed by atoms with Crippen LogP contribution in [0.3, 0.4) is 0 Å². The predicted molar refractivity (Wildman–Crippen MR) is 82.6 cm³/mol. The van der Waals surface area contributed by atoms with Crippen LogP contribution in [0.25, 0.3) is 0 Å². The highest BCUT2D eigenvalue weighted by molar-refractivity contribution is 9.09. The Kier molecular flexibility index (Phi) is 5.03. The lowest BCUT2D eigenvalue weighted by Gasteiger charge is -2.34. The molecule has 2 rings (SSSR count). The molecule has 0 bridgehead atoms. The molecule has 0 spiro atoms. The van der Waals surface area contributed by atoms with Crippen LogP contribution in [0.5, 0.6) is 0 Å². The fourth-order valence-corrected chi connectivity index (χ4v) is 2.99. The van der Waals surface area contributed by atoms with E-state index in [0.717, 1.165) is 25.9 Å². The van der Waals surface area contributed by atoms with E-state index in [-0.39, 0.29) is 0 Å². The number of carbonyl (C=O) groups excluding carboxylic acids is 1. The van der Waals surface area contributed by atoms with Crippen molar-refractivity contribution in [3.05, 3.63) is 35.4 Å². The Bertz CT molecular complexity index is 446. The zero-order chi connectivity index (χ0) is 13.8. The lowest BCUT2D eigenvalue weighted by Crippen LogP contribution is -2.43. The molecule has 0 saturated carbocycles. The number of hydrogen-bond acceptors (Lipinski definition) is 1. The van der Waals surface area contributed by atoms with Crippen LogP contribution in [0.2, 0.25) is 0 Å². The third kappa shape index (κ3) is 4.07. The maximum absolute atomic E-state index is 12.2. The topological polar surface area (TPSA) is 20.3 Å². The molecule has 2 nitrogen and oxygen atoms in total. The van der Waals surface area contributed by atoms with Gasteiger partial charge in [-0.25, -0.2) is 0 Å². The molecule has 19 heavy (non-hydrogen) atoms. The third-order valence-electron chi connectivity index (χ3n) is 3.86. The number of carbonyl (C=O) groups is 1. The summed E-state index contributed by atoms with van der Waals surface area (Å²) in [7, 11) is 0. The summed E-state index contributed by atoms with van der Waals surface area (Å²) in [5, 5.41) is 0. The standard InChI is InChI=1S/C16H22BrNO/c1-12-4-3-5-14(10-12)6-7-16(19)18-9-8-15(17)13(2)11-18/h3-5,10,13,15H,6-9,11H2,1-2H3. The average molecular weight is 324 g/mol. The molecule has 1 aromatic rings. The van der Waals surface area contributed by atoms with Gasteiger partial charge in [0.25, 0.3) is 0 Å². The fraction of sp³-hybridized carbons (Fsp3) is 0.562. The largest absolute Gasteiger partial charge is 0.342 e. The molecule has 0 aromatic heterocycles. The van der Waals surface area contributed by atoms with Crippen molar-refractivity contribution in [3.63, 3.8) is 0 Å². The number of hydrogen-bond donors (Lipinski definition) is 0. The van der Waals surface area contributed by atoms with Gasteiger partial charge in [0, 0.05) is 24.3 Å². The van der Waals surface area contributed by atoms with Gasteiger partial charge in [0.05, 0.1) is 0 Å². The smallest absolute Gasteiger partial charge is 0.222 e. The van der Waals surface area contributed by atoms with Crippen LogP contribution in [0.1, 0.15) is 30.9 Å². The van der Waals surface area contributed by atoms with Gasteiger partial charge in [-0.15, -0.1) is 0 Å². The van der Waals surface area contributed by atoms with Crippen LogP contribution in [-0.2, 0) is 11.2 Å². The zero-order valence-corrected chi connectivity index (χ0v) is 13.3. The molecule has 1 heterocycles. The monoisotopic (exact) mass is 323 g/mol. The van der Waals surface area contributed by atoms with E-state index >= 15 is 0 Å². The summed E-state index contributed by atoms with van der Waals surface area (Å²) < 4.78 is 0. The van der Waals surface area contributed by atoms with Gasteiger partial charge < -0.3 is 4.90 Å². The van der Waals surface area contributed by atoms with E-state index in [1.807, 2.05) is 4.90 Å². The number of aryl methyl sites for hydroxylation is 2. The molecule has 1 saturated heterocycles. The van der Waals surface area contributed by atoms with Crippen LogP contribution in [-0.4, -0.2) is 28.7 Å². The first-order valence-electron chi connectivity index (χ1n) is 7.03. The molecule has 3 heteroatoms. The first-order chi connectivity index (χ1) is 9.06. The van der Waals surface area contributed by atoms with Crippen LogP contribution in [0.15, 0.2) is 24.3 Å². The zero-order valence-electron chi connectivity index (χ0n) is 11.7. The minimum atomic E-state index is 0.299. The lowest BCUT2D eigenvalue weighted by molar-refractivity contribution is -0.132. The van der Waals surface area contributed by atoms with Crippen LogP contribution in [0, 0.1) is 12.8 Å². The van der Waals surface area contributed by atoms with Gasteiger partial charge >= 0.3 is 0 Å². The molecule has 1 fully saturated rings. The summed E-state index contributed by atoms with van der Waals surface area (Å²) in [6.45, 7) is 6.09. The van der Waals surface area contributed by atoms with Crippen molar-refractivity contribution in [1.82, 2.24) is 4.90 Å². The molecule has 2 unspecified atom stereocenters. The van der Waals surface area contributed by atoms with E-state index in [0.29, 0.717) is 23.1 Å². The number of rotatable bonds is 3. The van der Waals surface area contributed by atoms with Gasteiger partial charge in [0.15, 0.2) is 0 Å². The summed E-state index contributed by atoms with van der Waals surface area (Å²) in [5.74, 6) is 0.851. The van der Waals surface area contributed by atoms with E-state index in [4.69, 9.17) is 0 Å². The quantitative estimate of drug-likeness (QED) is 0.779. The Hall–Kier alpha value is -0.830. The van der Waals surface area contributed by atoms with Crippen LogP contribution in [0.4, 0.5) is 0 Å². The molecule has 1 aromatic carbocycles. The van der Waals surface area contributed by atoms with E-state index < -0.39 is 0 Å². The summed E-state index contributed by atoms with van der Waals surface area (Å²) in [6.07, 6.45) is 2.55. The number of alkyl halides is 1. The number of piperidine rings is 1. The Morgan fingerprint density at radius 3 is 2.95 bits per heavy atom. The number of likely N-dealkylation sites (tertiary alicyclic amines) is 1. The van der Waals surface area contributed by atoms with E-state index in [1.165, 1.54) is 11.1 Å². The minimum Gasteiger partial charge on any atom is -0.342 e. The number of benzene rings is 1. The average Bonchev–Trinajstić information content (AvgIpc) is 2.39.